The lowest BCUT2D eigenvalue weighted by Crippen LogP contribution is -2.39. The van der Waals surface area contributed by atoms with Gasteiger partial charge in [-0.25, -0.2) is 4.98 Å². The van der Waals surface area contributed by atoms with Crippen molar-refractivity contribution in [1.29, 1.82) is 0 Å². The fourth-order valence-electron chi connectivity index (χ4n) is 2.68. The molecule has 2 N–H and O–H groups in total. The summed E-state index contributed by atoms with van der Waals surface area (Å²) in [6.07, 6.45) is 9.59. The summed E-state index contributed by atoms with van der Waals surface area (Å²) in [6.45, 7) is 2.08. The van der Waals surface area contributed by atoms with Crippen molar-refractivity contribution in [3.63, 3.8) is 0 Å². The minimum absolute atomic E-state index is 0.0138. The SMILES string of the molecule is CCCC(CC(=O)NC(CC(=O)O)C1CC1)n1ccnc1. The molecule has 1 aromatic heterocycles. The lowest BCUT2D eigenvalue weighted by molar-refractivity contribution is -0.137. The summed E-state index contributed by atoms with van der Waals surface area (Å²) in [4.78, 5) is 27.1. The van der Waals surface area contributed by atoms with Crippen LogP contribution in [0, 0.1) is 5.92 Å². The van der Waals surface area contributed by atoms with Crippen LogP contribution in [0.3, 0.4) is 0 Å². The second kappa shape index (κ2) is 7.24. The van der Waals surface area contributed by atoms with E-state index in [1.165, 1.54) is 0 Å². The van der Waals surface area contributed by atoms with E-state index in [0.717, 1.165) is 25.7 Å². The molecule has 6 nitrogen and oxygen atoms in total. The maximum absolute atomic E-state index is 12.2. The Kier molecular flexibility index (Phi) is 5.36. The quantitative estimate of drug-likeness (QED) is 0.729. The van der Waals surface area contributed by atoms with Crippen molar-refractivity contribution >= 4 is 11.9 Å². The Balaban J connectivity index is 1.90. The lowest BCUT2D eigenvalue weighted by atomic mass is 10.1. The first kappa shape index (κ1) is 15.5. The van der Waals surface area contributed by atoms with Gasteiger partial charge in [0.2, 0.25) is 5.91 Å². The molecule has 1 fully saturated rings. The Bertz CT molecular complexity index is 469. The van der Waals surface area contributed by atoms with E-state index in [4.69, 9.17) is 5.11 Å². The topological polar surface area (TPSA) is 84.2 Å². The third-order valence-electron chi connectivity index (χ3n) is 3.92. The van der Waals surface area contributed by atoms with Crippen LogP contribution in [-0.2, 0) is 9.59 Å². The Morgan fingerprint density at radius 2 is 2.19 bits per heavy atom. The minimum Gasteiger partial charge on any atom is -0.481 e. The molecule has 21 heavy (non-hydrogen) atoms. The second-order valence-electron chi connectivity index (χ2n) is 5.77. The molecule has 1 aliphatic carbocycles. The molecule has 1 saturated carbocycles. The van der Waals surface area contributed by atoms with Crippen molar-refractivity contribution in [1.82, 2.24) is 14.9 Å². The third kappa shape index (κ3) is 4.88. The number of rotatable bonds is 9. The van der Waals surface area contributed by atoms with E-state index in [1.54, 1.807) is 12.5 Å². The number of imidazole rings is 1. The van der Waals surface area contributed by atoms with E-state index >= 15 is 0 Å². The van der Waals surface area contributed by atoms with Gasteiger partial charge in [0.05, 0.1) is 12.7 Å². The smallest absolute Gasteiger partial charge is 0.305 e. The molecule has 1 heterocycles. The van der Waals surface area contributed by atoms with E-state index < -0.39 is 5.97 Å². The normalized spacial score (nSPS) is 17.2. The standard InChI is InChI=1S/C15H23N3O3/c1-2-3-12(18-7-6-16-10-18)8-14(19)17-13(9-15(20)21)11-4-5-11/h6-7,10-13H,2-5,8-9H2,1H3,(H,17,19)(H,20,21). The van der Waals surface area contributed by atoms with Gasteiger partial charge in [0.25, 0.3) is 0 Å². The fraction of sp³-hybridized carbons (Fsp3) is 0.667. The van der Waals surface area contributed by atoms with Crippen molar-refractivity contribution < 1.29 is 14.7 Å². The molecular weight excluding hydrogens is 270 g/mol. The maximum Gasteiger partial charge on any atom is 0.305 e. The van der Waals surface area contributed by atoms with Gasteiger partial charge in [-0.2, -0.15) is 0 Å². The highest BCUT2D eigenvalue weighted by molar-refractivity contribution is 5.78. The zero-order chi connectivity index (χ0) is 15.2. The zero-order valence-electron chi connectivity index (χ0n) is 12.4. The largest absolute Gasteiger partial charge is 0.481 e. The van der Waals surface area contributed by atoms with Crippen molar-refractivity contribution in [3.05, 3.63) is 18.7 Å². The van der Waals surface area contributed by atoms with Gasteiger partial charge in [-0.1, -0.05) is 13.3 Å². The number of aromatic nitrogens is 2. The molecule has 6 heteroatoms. The summed E-state index contributed by atoms with van der Waals surface area (Å²) in [5, 5.41) is 11.8. The van der Waals surface area contributed by atoms with Gasteiger partial charge in [0.1, 0.15) is 0 Å². The highest BCUT2D eigenvalue weighted by atomic mass is 16.4. The number of carbonyl (C=O) groups is 2. The second-order valence-corrected chi connectivity index (χ2v) is 5.77. The maximum atomic E-state index is 12.2. The number of carbonyl (C=O) groups excluding carboxylic acids is 1. The molecule has 0 radical (unpaired) electrons. The number of nitrogens with zero attached hydrogens (tertiary/aromatic N) is 2. The molecule has 1 aromatic rings. The van der Waals surface area contributed by atoms with Gasteiger partial charge in [0.15, 0.2) is 0 Å². The number of hydrogen-bond donors (Lipinski definition) is 2. The van der Waals surface area contributed by atoms with Crippen LogP contribution in [0.25, 0.3) is 0 Å². The van der Waals surface area contributed by atoms with Crippen molar-refractivity contribution in [2.75, 3.05) is 0 Å². The molecule has 116 valence electrons. The summed E-state index contributed by atoms with van der Waals surface area (Å²) in [7, 11) is 0. The number of amides is 1. The number of nitrogens with one attached hydrogen (secondary N) is 1. The van der Waals surface area contributed by atoms with Crippen molar-refractivity contribution in [3.8, 4) is 0 Å². The molecule has 2 rings (SSSR count). The molecule has 1 aliphatic rings. The molecule has 2 atom stereocenters. The van der Waals surface area contributed by atoms with Crippen LogP contribution in [0.1, 0.15) is 51.5 Å². The number of carboxylic acids is 1. The minimum atomic E-state index is -0.855. The first-order chi connectivity index (χ1) is 10.1. The Morgan fingerprint density at radius 1 is 1.43 bits per heavy atom. The monoisotopic (exact) mass is 293 g/mol. The molecular formula is C15H23N3O3. The number of hydrogen-bond acceptors (Lipinski definition) is 3. The van der Waals surface area contributed by atoms with Crippen LogP contribution >= 0.6 is 0 Å². The van der Waals surface area contributed by atoms with Gasteiger partial charge in [-0.05, 0) is 25.2 Å². The van der Waals surface area contributed by atoms with E-state index in [-0.39, 0.29) is 24.4 Å². The van der Waals surface area contributed by atoms with E-state index in [0.29, 0.717) is 12.3 Å². The summed E-state index contributed by atoms with van der Waals surface area (Å²) in [5.74, 6) is -0.588. The average Bonchev–Trinajstić information content (AvgIpc) is 3.12. The summed E-state index contributed by atoms with van der Waals surface area (Å²) < 4.78 is 1.95. The Hall–Kier alpha value is -1.85. The van der Waals surface area contributed by atoms with E-state index in [1.807, 2.05) is 10.8 Å². The first-order valence-electron chi connectivity index (χ1n) is 7.58. The predicted octanol–water partition coefficient (Wildman–Crippen LogP) is 1.98. The number of aliphatic carboxylic acids is 1. The number of carboxylic acid groups (broad SMARTS) is 1. The van der Waals surface area contributed by atoms with Crippen LogP contribution in [0.15, 0.2) is 18.7 Å². The van der Waals surface area contributed by atoms with Gasteiger partial charge in [-0.15, -0.1) is 0 Å². The summed E-state index contributed by atoms with van der Waals surface area (Å²) in [6, 6.07) is -0.137. The Morgan fingerprint density at radius 3 is 2.71 bits per heavy atom. The average molecular weight is 293 g/mol. The van der Waals surface area contributed by atoms with Crippen LogP contribution in [-0.4, -0.2) is 32.6 Å². The van der Waals surface area contributed by atoms with Gasteiger partial charge < -0.3 is 15.0 Å². The molecule has 2 unspecified atom stereocenters. The molecule has 0 aliphatic heterocycles. The molecule has 0 spiro atoms. The lowest BCUT2D eigenvalue weighted by Gasteiger charge is -2.20. The van der Waals surface area contributed by atoms with E-state index in [9.17, 15) is 9.59 Å². The highest BCUT2D eigenvalue weighted by Gasteiger charge is 2.34. The zero-order valence-corrected chi connectivity index (χ0v) is 12.4. The molecule has 1 amide bonds. The van der Waals surface area contributed by atoms with Crippen LogP contribution < -0.4 is 5.32 Å². The highest BCUT2D eigenvalue weighted by Crippen LogP contribution is 2.34. The molecule has 0 saturated heterocycles. The Labute approximate surface area is 124 Å². The van der Waals surface area contributed by atoms with Crippen LogP contribution in [0.5, 0.6) is 0 Å². The molecule has 0 bridgehead atoms. The summed E-state index contributed by atoms with van der Waals surface area (Å²) >= 11 is 0. The third-order valence-corrected chi connectivity index (χ3v) is 3.92. The van der Waals surface area contributed by atoms with E-state index in [2.05, 4.69) is 17.2 Å². The first-order valence-corrected chi connectivity index (χ1v) is 7.58. The molecule has 0 aromatic carbocycles. The van der Waals surface area contributed by atoms with Gasteiger partial charge >= 0.3 is 5.97 Å². The van der Waals surface area contributed by atoms with Crippen LogP contribution in [0.2, 0.25) is 0 Å². The van der Waals surface area contributed by atoms with Crippen molar-refractivity contribution in [2.45, 2.75) is 57.5 Å². The summed E-state index contributed by atoms with van der Waals surface area (Å²) in [5.41, 5.74) is 0. The predicted molar refractivity (Wildman–Crippen MR) is 77.7 cm³/mol. The van der Waals surface area contributed by atoms with Crippen LogP contribution in [0.4, 0.5) is 0 Å². The van der Waals surface area contributed by atoms with Gasteiger partial charge in [0, 0.05) is 30.9 Å². The fourth-order valence-corrected chi connectivity index (χ4v) is 2.68. The van der Waals surface area contributed by atoms with Crippen molar-refractivity contribution in [2.24, 2.45) is 5.92 Å². The van der Waals surface area contributed by atoms with Gasteiger partial charge in [-0.3, -0.25) is 9.59 Å².